The minimum atomic E-state index is -1.08. The van der Waals surface area contributed by atoms with Crippen molar-refractivity contribution in [2.75, 3.05) is 22.2 Å². The summed E-state index contributed by atoms with van der Waals surface area (Å²) < 4.78 is 0. The molecule has 3 aliphatic rings. The van der Waals surface area contributed by atoms with Crippen LogP contribution < -0.4 is 15.5 Å². The summed E-state index contributed by atoms with van der Waals surface area (Å²) >= 11 is 1.71. The maximum absolute atomic E-state index is 13.6. The molecule has 3 amide bonds. The summed E-state index contributed by atoms with van der Waals surface area (Å²) in [6, 6.07) is 16.4. The van der Waals surface area contributed by atoms with Crippen molar-refractivity contribution in [2.45, 2.75) is 18.0 Å². The fourth-order valence-corrected chi connectivity index (χ4v) is 5.78. The number of carbonyl (C=O) groups excluding carboxylic acids is 3. The van der Waals surface area contributed by atoms with Crippen LogP contribution in [0.4, 0.5) is 11.4 Å². The number of para-hydroxylation sites is 2. The number of hydrogen-bond donors (Lipinski definition) is 2. The van der Waals surface area contributed by atoms with Gasteiger partial charge in [0, 0.05) is 12.0 Å². The Bertz CT molecular complexity index is 1010. The highest BCUT2D eigenvalue weighted by atomic mass is 32.2. The van der Waals surface area contributed by atoms with Crippen LogP contribution in [0.1, 0.15) is 12.0 Å². The number of thioether (sulfide) groups is 1. The summed E-state index contributed by atoms with van der Waals surface area (Å²) in [6.45, 7) is 0. The molecular weight excluding hydrogens is 386 g/mol. The summed E-state index contributed by atoms with van der Waals surface area (Å²) in [6.07, 6.45) is 2.79. The van der Waals surface area contributed by atoms with Gasteiger partial charge in [0.1, 0.15) is 17.9 Å². The molecule has 0 saturated carbocycles. The zero-order valence-corrected chi connectivity index (χ0v) is 16.8. The first-order valence-electron chi connectivity index (χ1n) is 9.78. The van der Waals surface area contributed by atoms with E-state index in [2.05, 4.69) is 5.32 Å². The van der Waals surface area contributed by atoms with E-state index in [0.717, 1.165) is 23.4 Å². The van der Waals surface area contributed by atoms with E-state index in [4.69, 9.17) is 0 Å². The molecule has 3 N–H and O–H groups in total. The first-order chi connectivity index (χ1) is 14.1. The first kappa shape index (κ1) is 18.4. The van der Waals surface area contributed by atoms with Crippen molar-refractivity contribution in [3.8, 4) is 0 Å². The molecule has 148 valence electrons. The number of nitrogens with two attached hydrogens (primary N) is 1. The lowest BCUT2D eigenvalue weighted by Crippen LogP contribution is -2.99. The van der Waals surface area contributed by atoms with E-state index in [-0.39, 0.29) is 23.8 Å². The number of rotatable bonds is 4. The van der Waals surface area contributed by atoms with E-state index in [1.165, 1.54) is 4.90 Å². The normalized spacial score (nSPS) is 30.0. The number of anilines is 2. The molecule has 4 atom stereocenters. The summed E-state index contributed by atoms with van der Waals surface area (Å²) in [5.41, 5.74) is 1.03. The van der Waals surface area contributed by atoms with Gasteiger partial charge in [0.2, 0.25) is 17.4 Å². The SMILES string of the molecule is CSCC[C@H]1[NH2+][C@@]2(C(=O)Nc3ccccc32)[C@H]2C(=O)N(c3ccccc3)C(=O)[C@H]12. The molecule has 2 aromatic carbocycles. The minimum absolute atomic E-state index is 0.116. The molecule has 0 bridgehead atoms. The van der Waals surface area contributed by atoms with Gasteiger partial charge in [-0.2, -0.15) is 11.8 Å². The van der Waals surface area contributed by atoms with Crippen molar-refractivity contribution < 1.29 is 19.7 Å². The molecule has 7 heteroatoms. The second-order valence-corrected chi connectivity index (χ2v) is 8.82. The molecular formula is C22H22N3O3S+. The minimum Gasteiger partial charge on any atom is -0.326 e. The quantitative estimate of drug-likeness (QED) is 0.748. The Kier molecular flexibility index (Phi) is 4.26. The first-order valence-corrected chi connectivity index (χ1v) is 11.2. The monoisotopic (exact) mass is 408 g/mol. The van der Waals surface area contributed by atoms with Gasteiger partial charge in [-0.25, -0.2) is 4.90 Å². The van der Waals surface area contributed by atoms with Crippen molar-refractivity contribution in [2.24, 2.45) is 11.8 Å². The van der Waals surface area contributed by atoms with Gasteiger partial charge in [0.15, 0.2) is 0 Å². The maximum atomic E-state index is 13.6. The van der Waals surface area contributed by atoms with Crippen LogP contribution in [0.5, 0.6) is 0 Å². The topological polar surface area (TPSA) is 83.1 Å². The molecule has 1 spiro atoms. The zero-order chi connectivity index (χ0) is 20.2. The molecule has 0 aromatic heterocycles. The van der Waals surface area contributed by atoms with Gasteiger partial charge in [-0.05, 0) is 30.2 Å². The smallest absolute Gasteiger partial charge is 0.291 e. The third-order valence-electron chi connectivity index (χ3n) is 6.45. The number of benzene rings is 2. The van der Waals surface area contributed by atoms with Gasteiger partial charge in [-0.1, -0.05) is 36.4 Å². The number of nitrogens with one attached hydrogen (secondary N) is 1. The van der Waals surface area contributed by atoms with E-state index in [0.29, 0.717) is 5.69 Å². The van der Waals surface area contributed by atoms with Gasteiger partial charge in [-0.3, -0.25) is 14.4 Å². The highest BCUT2D eigenvalue weighted by Crippen LogP contribution is 2.50. The molecule has 3 aliphatic heterocycles. The van der Waals surface area contributed by atoms with Gasteiger partial charge in [0.05, 0.1) is 11.4 Å². The summed E-state index contributed by atoms with van der Waals surface area (Å²) in [7, 11) is 0. The zero-order valence-electron chi connectivity index (χ0n) is 16.0. The van der Waals surface area contributed by atoms with Crippen molar-refractivity contribution in [1.82, 2.24) is 0 Å². The number of fused-ring (bicyclic) bond motifs is 4. The van der Waals surface area contributed by atoms with Crippen LogP contribution in [-0.4, -0.2) is 35.8 Å². The standard InChI is InChI=1S/C22H21N3O3S/c1-29-12-11-16-17-18(20(27)25(19(17)26)13-7-3-2-4-8-13)22(24-16)14-9-5-6-10-15(14)23-21(22)28/h2-10,16-18,24H,11-12H2,1H3,(H,23,28)/p+1/t16-,17-,18-,22-/m1/s1. The molecule has 5 rings (SSSR count). The van der Waals surface area contributed by atoms with Crippen LogP contribution in [0, 0.1) is 11.8 Å². The highest BCUT2D eigenvalue weighted by Gasteiger charge is 2.74. The van der Waals surface area contributed by atoms with Gasteiger partial charge in [-0.15, -0.1) is 0 Å². The third-order valence-corrected chi connectivity index (χ3v) is 7.09. The van der Waals surface area contributed by atoms with Gasteiger partial charge >= 0.3 is 0 Å². The average Bonchev–Trinajstić information content (AvgIpc) is 3.32. The number of nitrogens with zero attached hydrogens (tertiary/aromatic N) is 1. The molecule has 0 aliphatic carbocycles. The number of quaternary nitrogens is 1. The summed E-state index contributed by atoms with van der Waals surface area (Å²) in [4.78, 5) is 41.7. The van der Waals surface area contributed by atoms with Crippen LogP contribution in [0.15, 0.2) is 54.6 Å². The summed E-state index contributed by atoms with van der Waals surface area (Å²) in [5.74, 6) is -1.01. The Balaban J connectivity index is 1.65. The molecule has 2 aromatic rings. The van der Waals surface area contributed by atoms with Crippen LogP contribution >= 0.6 is 11.8 Å². The lowest BCUT2D eigenvalue weighted by Gasteiger charge is -2.26. The largest absolute Gasteiger partial charge is 0.326 e. The number of hydrogen-bond acceptors (Lipinski definition) is 4. The lowest BCUT2D eigenvalue weighted by atomic mass is 9.76. The van der Waals surface area contributed by atoms with Crippen molar-refractivity contribution in [3.63, 3.8) is 0 Å². The Morgan fingerprint density at radius 3 is 2.52 bits per heavy atom. The predicted octanol–water partition coefficient (Wildman–Crippen LogP) is 1.34. The number of amides is 3. The van der Waals surface area contributed by atoms with E-state index >= 15 is 0 Å². The van der Waals surface area contributed by atoms with Crippen molar-refractivity contribution >= 4 is 40.9 Å². The molecule has 0 radical (unpaired) electrons. The highest BCUT2D eigenvalue weighted by molar-refractivity contribution is 7.98. The van der Waals surface area contributed by atoms with Crippen molar-refractivity contribution in [1.29, 1.82) is 0 Å². The third kappa shape index (κ3) is 2.44. The lowest BCUT2D eigenvalue weighted by molar-refractivity contribution is -0.733. The molecule has 6 nitrogen and oxygen atoms in total. The van der Waals surface area contributed by atoms with Crippen LogP contribution in [0.25, 0.3) is 0 Å². The molecule has 3 heterocycles. The Morgan fingerprint density at radius 2 is 1.76 bits per heavy atom. The van der Waals surface area contributed by atoms with Crippen LogP contribution in [-0.2, 0) is 19.9 Å². The van der Waals surface area contributed by atoms with E-state index in [9.17, 15) is 14.4 Å². The Labute approximate surface area is 173 Å². The maximum Gasteiger partial charge on any atom is 0.291 e. The second-order valence-electron chi connectivity index (χ2n) is 7.83. The van der Waals surface area contributed by atoms with E-state index in [1.807, 2.05) is 54.0 Å². The Hall–Kier alpha value is -2.64. The fraction of sp³-hybridized carbons (Fsp3) is 0.318. The Morgan fingerprint density at radius 1 is 1.03 bits per heavy atom. The van der Waals surface area contributed by atoms with Crippen LogP contribution in [0.3, 0.4) is 0 Å². The van der Waals surface area contributed by atoms with E-state index in [1.54, 1.807) is 23.9 Å². The van der Waals surface area contributed by atoms with Crippen molar-refractivity contribution in [3.05, 3.63) is 60.2 Å². The van der Waals surface area contributed by atoms with E-state index < -0.39 is 17.4 Å². The van der Waals surface area contributed by atoms with Gasteiger partial charge in [0.25, 0.3) is 5.91 Å². The molecule has 29 heavy (non-hydrogen) atoms. The van der Waals surface area contributed by atoms with Gasteiger partial charge < -0.3 is 10.6 Å². The second kappa shape index (κ2) is 6.71. The fourth-order valence-electron chi connectivity index (χ4n) is 5.27. The molecule has 2 fully saturated rings. The predicted molar refractivity (Wildman–Crippen MR) is 111 cm³/mol. The average molecular weight is 409 g/mol. The number of carbonyl (C=O) groups is 3. The molecule has 0 unspecified atom stereocenters. The summed E-state index contributed by atoms with van der Waals surface area (Å²) in [5, 5.41) is 4.95. The van der Waals surface area contributed by atoms with Crippen LogP contribution in [0.2, 0.25) is 0 Å². The molecule has 2 saturated heterocycles. The number of imide groups is 1.